The number of fused-ring (bicyclic) bond motifs is 2. The first-order chi connectivity index (χ1) is 9.72. The van der Waals surface area contributed by atoms with Crippen molar-refractivity contribution >= 4 is 35.6 Å². The number of thioether (sulfide) groups is 1. The van der Waals surface area contributed by atoms with Gasteiger partial charge in [-0.1, -0.05) is 23.9 Å². The molecule has 3 nitrogen and oxygen atoms in total. The molecule has 112 valence electrons. The lowest BCUT2D eigenvalue weighted by Crippen LogP contribution is -2.22. The van der Waals surface area contributed by atoms with Gasteiger partial charge in [-0.25, -0.2) is 4.99 Å². The van der Waals surface area contributed by atoms with Crippen molar-refractivity contribution in [1.29, 1.82) is 0 Å². The summed E-state index contributed by atoms with van der Waals surface area (Å²) >= 11 is 1.81. The third kappa shape index (κ3) is 3.90. The molecule has 0 atom stereocenters. The maximum atomic E-state index is 4.72. The lowest BCUT2D eigenvalue weighted by atomic mass is 10.2. The number of rotatable bonds is 4. The lowest BCUT2D eigenvalue weighted by Gasteiger charge is -2.25. The zero-order valence-corrected chi connectivity index (χ0v) is 14.0. The molecule has 0 bridgehead atoms. The zero-order chi connectivity index (χ0) is 13.9. The van der Waals surface area contributed by atoms with Gasteiger partial charge in [-0.05, 0) is 45.3 Å². The normalized spacial score (nSPS) is 15.9. The Bertz CT molecular complexity index is 593. The van der Waals surface area contributed by atoms with Gasteiger partial charge in [0.15, 0.2) is 0 Å². The highest BCUT2D eigenvalue weighted by Gasteiger charge is 2.19. The highest BCUT2D eigenvalue weighted by atomic mass is 35.5. The SMILES string of the molecule is CN(C)CCCN1C=CC2=Nc3ccccc3SC2=C1.Cl. The molecule has 2 aliphatic rings. The van der Waals surface area contributed by atoms with Gasteiger partial charge in [0, 0.05) is 23.8 Å². The molecule has 21 heavy (non-hydrogen) atoms. The van der Waals surface area contributed by atoms with Crippen LogP contribution < -0.4 is 0 Å². The molecule has 1 aromatic rings. The van der Waals surface area contributed by atoms with Crippen LogP contribution >= 0.6 is 24.2 Å². The van der Waals surface area contributed by atoms with E-state index in [0.717, 1.165) is 30.9 Å². The van der Waals surface area contributed by atoms with Crippen molar-refractivity contribution in [2.45, 2.75) is 11.3 Å². The van der Waals surface area contributed by atoms with Crippen LogP contribution in [0.5, 0.6) is 0 Å². The predicted octanol–water partition coefficient (Wildman–Crippen LogP) is 3.91. The van der Waals surface area contributed by atoms with Crippen LogP contribution in [0.4, 0.5) is 5.69 Å². The fourth-order valence-corrected chi connectivity index (χ4v) is 3.28. The minimum Gasteiger partial charge on any atom is -0.353 e. The molecule has 5 heteroatoms. The van der Waals surface area contributed by atoms with Gasteiger partial charge in [-0.2, -0.15) is 0 Å². The molecule has 2 heterocycles. The molecule has 0 amide bonds. The van der Waals surface area contributed by atoms with E-state index in [2.05, 4.69) is 60.6 Å². The largest absolute Gasteiger partial charge is 0.353 e. The lowest BCUT2D eigenvalue weighted by molar-refractivity contribution is 0.369. The van der Waals surface area contributed by atoms with Gasteiger partial charge in [0.2, 0.25) is 0 Å². The van der Waals surface area contributed by atoms with Crippen molar-refractivity contribution in [3.63, 3.8) is 0 Å². The number of para-hydroxylation sites is 1. The molecular formula is C16H20ClN3S. The third-order valence-electron chi connectivity index (χ3n) is 3.31. The maximum absolute atomic E-state index is 4.72. The summed E-state index contributed by atoms with van der Waals surface area (Å²) in [6, 6.07) is 8.32. The van der Waals surface area contributed by atoms with E-state index in [4.69, 9.17) is 4.99 Å². The first-order valence-corrected chi connectivity index (χ1v) is 7.70. The number of hydrogen-bond acceptors (Lipinski definition) is 4. The van der Waals surface area contributed by atoms with Crippen molar-refractivity contribution in [2.75, 3.05) is 27.2 Å². The second kappa shape index (κ2) is 7.16. The van der Waals surface area contributed by atoms with E-state index < -0.39 is 0 Å². The summed E-state index contributed by atoms with van der Waals surface area (Å²) in [7, 11) is 4.23. The van der Waals surface area contributed by atoms with Crippen molar-refractivity contribution in [1.82, 2.24) is 9.80 Å². The minimum atomic E-state index is 0. The van der Waals surface area contributed by atoms with Crippen molar-refractivity contribution in [3.05, 3.63) is 47.6 Å². The Morgan fingerprint density at radius 1 is 1.24 bits per heavy atom. The van der Waals surface area contributed by atoms with Crippen LogP contribution in [0.25, 0.3) is 0 Å². The second-order valence-electron chi connectivity index (χ2n) is 5.27. The van der Waals surface area contributed by atoms with Crippen LogP contribution in [0, 0.1) is 0 Å². The average molecular weight is 322 g/mol. The highest BCUT2D eigenvalue weighted by molar-refractivity contribution is 8.04. The monoisotopic (exact) mass is 321 g/mol. The van der Waals surface area contributed by atoms with Crippen molar-refractivity contribution < 1.29 is 0 Å². The molecule has 0 saturated carbocycles. The molecule has 2 aliphatic heterocycles. The average Bonchev–Trinajstić information content (AvgIpc) is 2.44. The predicted molar refractivity (Wildman–Crippen MR) is 93.7 cm³/mol. The number of hydrogen-bond donors (Lipinski definition) is 0. The topological polar surface area (TPSA) is 18.8 Å². The third-order valence-corrected chi connectivity index (χ3v) is 4.41. The second-order valence-corrected chi connectivity index (χ2v) is 6.35. The summed E-state index contributed by atoms with van der Waals surface area (Å²) in [4.78, 5) is 11.7. The Hall–Kier alpha value is -1.23. The Labute approximate surface area is 136 Å². The summed E-state index contributed by atoms with van der Waals surface area (Å²) in [5, 5.41) is 0. The highest BCUT2D eigenvalue weighted by Crippen LogP contribution is 2.41. The Balaban J connectivity index is 0.00000161. The van der Waals surface area contributed by atoms with Gasteiger partial charge in [-0.15, -0.1) is 12.4 Å². The van der Waals surface area contributed by atoms with Gasteiger partial charge in [0.05, 0.1) is 16.3 Å². The molecule has 0 N–H and O–H groups in total. The molecule has 0 fully saturated rings. The van der Waals surface area contributed by atoms with Crippen molar-refractivity contribution in [2.24, 2.45) is 4.99 Å². The Morgan fingerprint density at radius 2 is 2.05 bits per heavy atom. The van der Waals surface area contributed by atoms with E-state index in [1.54, 1.807) is 0 Å². The number of allylic oxidation sites excluding steroid dienone is 2. The van der Waals surface area contributed by atoms with Gasteiger partial charge < -0.3 is 9.80 Å². The van der Waals surface area contributed by atoms with Gasteiger partial charge in [0.25, 0.3) is 0 Å². The molecule has 0 aliphatic carbocycles. The summed E-state index contributed by atoms with van der Waals surface area (Å²) < 4.78 is 0. The van der Waals surface area contributed by atoms with E-state index in [-0.39, 0.29) is 12.4 Å². The van der Waals surface area contributed by atoms with Crippen LogP contribution in [-0.4, -0.2) is 42.7 Å². The van der Waals surface area contributed by atoms with Crippen LogP contribution in [0.15, 0.2) is 57.5 Å². The fourth-order valence-electron chi connectivity index (χ4n) is 2.27. The van der Waals surface area contributed by atoms with Gasteiger partial charge >= 0.3 is 0 Å². The van der Waals surface area contributed by atoms with Crippen LogP contribution in [0.2, 0.25) is 0 Å². The van der Waals surface area contributed by atoms with E-state index in [0.29, 0.717) is 0 Å². The fraction of sp³-hybridized carbons (Fsp3) is 0.312. The molecular weight excluding hydrogens is 302 g/mol. The maximum Gasteiger partial charge on any atom is 0.0806 e. The summed E-state index contributed by atoms with van der Waals surface area (Å²) in [6.07, 6.45) is 7.63. The molecule has 0 unspecified atom stereocenters. The summed E-state index contributed by atoms with van der Waals surface area (Å²) in [5.41, 5.74) is 2.16. The zero-order valence-electron chi connectivity index (χ0n) is 12.3. The molecule has 0 radical (unpaired) electrons. The molecule has 0 aromatic heterocycles. The quantitative estimate of drug-likeness (QED) is 0.838. The first-order valence-electron chi connectivity index (χ1n) is 6.89. The number of aliphatic imine (C=N–C) groups is 1. The van der Waals surface area contributed by atoms with Gasteiger partial charge in [0.1, 0.15) is 0 Å². The number of nitrogens with zero attached hydrogens (tertiary/aromatic N) is 3. The standard InChI is InChI=1S/C16H19N3S.ClH/c1-18(2)9-5-10-19-11-8-14-16(12-19)20-15-7-4-3-6-13(15)17-14;/h3-4,6-8,11-12H,5,9-10H2,1-2H3;1H. The van der Waals surface area contributed by atoms with E-state index in [1.165, 1.54) is 9.80 Å². The number of benzene rings is 1. The Morgan fingerprint density at radius 3 is 2.86 bits per heavy atom. The summed E-state index contributed by atoms with van der Waals surface area (Å²) in [6.45, 7) is 2.16. The Kier molecular flexibility index (Phi) is 5.51. The first kappa shape index (κ1) is 16.1. The van der Waals surface area contributed by atoms with Crippen LogP contribution in [0.1, 0.15) is 6.42 Å². The smallest absolute Gasteiger partial charge is 0.0806 e. The van der Waals surface area contributed by atoms with Gasteiger partial charge in [-0.3, -0.25) is 0 Å². The minimum absolute atomic E-state index is 0. The molecule has 0 spiro atoms. The molecule has 3 rings (SSSR count). The van der Waals surface area contributed by atoms with E-state index >= 15 is 0 Å². The molecule has 1 aromatic carbocycles. The van der Waals surface area contributed by atoms with Crippen LogP contribution in [-0.2, 0) is 0 Å². The number of halogens is 1. The van der Waals surface area contributed by atoms with Crippen LogP contribution in [0.3, 0.4) is 0 Å². The van der Waals surface area contributed by atoms with E-state index in [1.807, 2.05) is 17.8 Å². The van der Waals surface area contributed by atoms with Crippen molar-refractivity contribution in [3.8, 4) is 0 Å². The molecule has 0 saturated heterocycles. The summed E-state index contributed by atoms with van der Waals surface area (Å²) in [5.74, 6) is 0. The van der Waals surface area contributed by atoms with E-state index in [9.17, 15) is 0 Å².